The van der Waals surface area contributed by atoms with E-state index in [2.05, 4.69) is 15.9 Å². The van der Waals surface area contributed by atoms with Crippen LogP contribution < -0.4 is 0 Å². The summed E-state index contributed by atoms with van der Waals surface area (Å²) < 4.78 is 21.9. The van der Waals surface area contributed by atoms with E-state index in [0.717, 1.165) is 10.0 Å². The van der Waals surface area contributed by atoms with E-state index in [1.54, 1.807) is 18.2 Å². The number of benzene rings is 1. The minimum atomic E-state index is -3.13. The first-order chi connectivity index (χ1) is 7.41. The fourth-order valence-electron chi connectivity index (χ4n) is 1.65. The minimum absolute atomic E-state index is 0.239. The Morgan fingerprint density at radius 3 is 2.81 bits per heavy atom. The van der Waals surface area contributed by atoms with Crippen molar-refractivity contribution in [3.63, 3.8) is 0 Å². The lowest BCUT2D eigenvalue weighted by Crippen LogP contribution is -2.27. The molecule has 0 radical (unpaired) electrons. The van der Waals surface area contributed by atoms with Crippen LogP contribution in [0.5, 0.6) is 0 Å². The van der Waals surface area contributed by atoms with E-state index < -0.39 is 16.7 Å². The van der Waals surface area contributed by atoms with E-state index in [4.69, 9.17) is 5.11 Å². The van der Waals surface area contributed by atoms with E-state index in [-0.39, 0.29) is 13.1 Å². The number of carbonyl (C=O) groups is 1. The average molecular weight is 308 g/mol. The Morgan fingerprint density at radius 2 is 2.19 bits per heavy atom. The lowest BCUT2D eigenvalue weighted by molar-refractivity contribution is -0.137. The fourth-order valence-corrected chi connectivity index (χ4v) is 3.68. The molecule has 1 heterocycles. The number of halogens is 1. The van der Waals surface area contributed by atoms with Crippen LogP contribution in [0, 0.1) is 0 Å². The predicted molar refractivity (Wildman–Crippen MR) is 63.3 cm³/mol. The molecule has 0 saturated heterocycles. The van der Waals surface area contributed by atoms with Gasteiger partial charge < -0.3 is 5.11 Å². The van der Waals surface area contributed by atoms with Crippen LogP contribution in [0.15, 0.2) is 27.6 Å². The number of carboxylic acids is 1. The van der Waals surface area contributed by atoms with Gasteiger partial charge in [0.1, 0.15) is 6.54 Å². The van der Waals surface area contributed by atoms with Gasteiger partial charge in [0.2, 0.25) is 0 Å². The van der Waals surface area contributed by atoms with Gasteiger partial charge in [-0.05, 0) is 23.8 Å². The number of aliphatic carboxylic acids is 1. The van der Waals surface area contributed by atoms with E-state index in [9.17, 15) is 13.9 Å². The third kappa shape index (κ3) is 1.96. The molecule has 7 heteroatoms. The molecular weight excluding hydrogens is 298 g/mol. The summed E-state index contributed by atoms with van der Waals surface area (Å²) in [6, 6.07) is 5.08. The fraction of sp³-hybridized carbons (Fsp3) is 0.222. The molecule has 0 atom stereocenters. The Kier molecular flexibility index (Phi) is 2.97. The van der Waals surface area contributed by atoms with Crippen molar-refractivity contribution in [3.8, 4) is 0 Å². The Labute approximate surface area is 102 Å². The number of fused-ring (bicyclic) bond motifs is 1. The van der Waals surface area contributed by atoms with Gasteiger partial charge in [-0.1, -0.05) is 15.9 Å². The van der Waals surface area contributed by atoms with E-state index in [1.165, 1.54) is 4.31 Å². The number of nitrogens with zero attached hydrogens (tertiary/aromatic N) is 1. The van der Waals surface area contributed by atoms with Crippen molar-refractivity contribution in [2.75, 3.05) is 6.54 Å². The Balaban J connectivity index is 2.37. The second kappa shape index (κ2) is 4.01. The monoisotopic (exact) mass is 307 g/mol. The van der Waals surface area contributed by atoms with Gasteiger partial charge in [0, 0.05) is 11.0 Å². The number of hydrogen-bond acceptors (Lipinski definition) is 4. The molecule has 0 unspecified atom stereocenters. The van der Waals surface area contributed by atoms with Crippen molar-refractivity contribution in [2.45, 2.75) is 11.4 Å². The van der Waals surface area contributed by atoms with Crippen LogP contribution >= 0.6 is 26.7 Å². The van der Waals surface area contributed by atoms with Crippen LogP contribution in [0.25, 0.3) is 0 Å². The molecule has 5 nitrogen and oxygen atoms in total. The van der Waals surface area contributed by atoms with Crippen LogP contribution in [0.3, 0.4) is 0 Å². The average Bonchev–Trinajstić information content (AvgIpc) is 2.37. The zero-order valence-electron chi connectivity index (χ0n) is 8.13. The third-order valence-electron chi connectivity index (χ3n) is 2.34. The lowest BCUT2D eigenvalue weighted by Gasteiger charge is -2.36. The summed E-state index contributed by atoms with van der Waals surface area (Å²) in [6.07, 6.45) is 0. The summed E-state index contributed by atoms with van der Waals surface area (Å²) in [5.74, 6) is -1.08. The van der Waals surface area contributed by atoms with E-state index in [0.29, 0.717) is 4.90 Å². The molecule has 1 aromatic carbocycles. The van der Waals surface area contributed by atoms with Gasteiger partial charge >= 0.3 is 5.97 Å². The van der Waals surface area contributed by atoms with Crippen LogP contribution in [-0.4, -0.2) is 31.0 Å². The van der Waals surface area contributed by atoms with Crippen LogP contribution in [0.2, 0.25) is 0 Å². The van der Waals surface area contributed by atoms with Crippen LogP contribution in [0.4, 0.5) is 0 Å². The molecule has 0 fully saturated rings. The first-order valence-electron chi connectivity index (χ1n) is 4.45. The van der Waals surface area contributed by atoms with Gasteiger partial charge in [0.15, 0.2) is 0 Å². The maximum absolute atomic E-state index is 10.6. The highest BCUT2D eigenvalue weighted by molar-refractivity contribution is 9.10. The van der Waals surface area contributed by atoms with Crippen molar-refractivity contribution in [3.05, 3.63) is 28.2 Å². The van der Waals surface area contributed by atoms with Gasteiger partial charge in [-0.2, -0.15) is 4.31 Å². The zero-order valence-corrected chi connectivity index (χ0v) is 10.5. The van der Waals surface area contributed by atoms with Crippen LogP contribution in [0.1, 0.15) is 5.56 Å². The molecule has 0 bridgehead atoms. The standard InChI is InChI=1S/C9H10BrNO4S/c10-7-1-2-8-6(3-7)4-11(5-9(12)13)16(8,14)15/h1-3,14-15H,4-5H2,(H,12,13). The summed E-state index contributed by atoms with van der Waals surface area (Å²) >= 11 is 3.28. The molecule has 0 spiro atoms. The molecule has 1 aliphatic heterocycles. The highest BCUT2D eigenvalue weighted by Crippen LogP contribution is 2.58. The first kappa shape index (κ1) is 11.9. The first-order valence-corrected chi connectivity index (χ1v) is 6.74. The smallest absolute Gasteiger partial charge is 0.319 e. The van der Waals surface area contributed by atoms with Crippen molar-refractivity contribution in [2.24, 2.45) is 0 Å². The third-order valence-corrected chi connectivity index (χ3v) is 4.80. The minimum Gasteiger partial charge on any atom is -0.480 e. The summed E-state index contributed by atoms with van der Waals surface area (Å²) in [5.41, 5.74) is 0.746. The van der Waals surface area contributed by atoms with Crippen molar-refractivity contribution >= 4 is 32.7 Å². The Bertz CT molecular complexity index is 451. The summed E-state index contributed by atoms with van der Waals surface area (Å²) in [5, 5.41) is 8.68. The molecular formula is C9H10BrNO4S. The van der Waals surface area contributed by atoms with Crippen LogP contribution in [-0.2, 0) is 11.3 Å². The molecule has 2 rings (SSSR count). The molecule has 3 N–H and O–H groups in total. The van der Waals surface area contributed by atoms with Crippen molar-refractivity contribution in [1.29, 1.82) is 0 Å². The summed E-state index contributed by atoms with van der Waals surface area (Å²) in [4.78, 5) is 11.0. The quantitative estimate of drug-likeness (QED) is 0.781. The maximum atomic E-state index is 10.6. The highest BCUT2D eigenvalue weighted by Gasteiger charge is 2.35. The van der Waals surface area contributed by atoms with Gasteiger partial charge in [-0.25, -0.2) is 0 Å². The van der Waals surface area contributed by atoms with Crippen molar-refractivity contribution in [1.82, 2.24) is 4.31 Å². The van der Waals surface area contributed by atoms with Gasteiger partial charge in [-0.15, -0.1) is 10.8 Å². The molecule has 1 aromatic rings. The van der Waals surface area contributed by atoms with Crippen molar-refractivity contribution < 1.29 is 19.0 Å². The molecule has 0 aliphatic carbocycles. The number of hydrogen-bond donors (Lipinski definition) is 3. The summed E-state index contributed by atoms with van der Waals surface area (Å²) in [7, 11) is -3.13. The maximum Gasteiger partial charge on any atom is 0.319 e. The van der Waals surface area contributed by atoms with E-state index in [1.807, 2.05) is 0 Å². The predicted octanol–water partition coefficient (Wildman–Crippen LogP) is 2.37. The molecule has 16 heavy (non-hydrogen) atoms. The van der Waals surface area contributed by atoms with E-state index >= 15 is 0 Å². The topological polar surface area (TPSA) is 81.0 Å². The number of rotatable bonds is 2. The largest absolute Gasteiger partial charge is 0.480 e. The molecule has 0 aromatic heterocycles. The highest BCUT2D eigenvalue weighted by atomic mass is 79.9. The second-order valence-corrected chi connectivity index (χ2v) is 6.37. The second-order valence-electron chi connectivity index (χ2n) is 3.46. The molecule has 1 aliphatic rings. The van der Waals surface area contributed by atoms with Gasteiger partial charge in [-0.3, -0.25) is 13.9 Å². The molecule has 0 amide bonds. The molecule has 88 valence electrons. The SMILES string of the molecule is O=C(O)CN1Cc2cc(Br)ccc2S1(O)O. The number of carboxylic acid groups (broad SMARTS) is 1. The van der Waals surface area contributed by atoms with Gasteiger partial charge in [0.05, 0.1) is 4.90 Å². The van der Waals surface area contributed by atoms with Gasteiger partial charge in [0.25, 0.3) is 0 Å². The molecule has 0 saturated carbocycles. The Morgan fingerprint density at radius 1 is 1.50 bits per heavy atom. The summed E-state index contributed by atoms with van der Waals surface area (Å²) in [6.45, 7) is -0.141. The lowest BCUT2D eigenvalue weighted by atomic mass is 10.2. The zero-order chi connectivity index (χ0) is 11.9. The normalized spacial score (nSPS) is 20.4. The Hall–Kier alpha value is -0.600.